The summed E-state index contributed by atoms with van der Waals surface area (Å²) in [6.07, 6.45) is 0. The van der Waals surface area contributed by atoms with Crippen LogP contribution >= 0.6 is 0 Å². The van der Waals surface area contributed by atoms with Gasteiger partial charge >= 0.3 is 0 Å². The van der Waals surface area contributed by atoms with Gasteiger partial charge in [-0.05, 0) is 19.1 Å². The van der Waals surface area contributed by atoms with E-state index in [0.717, 1.165) is 6.07 Å². The Hall–Kier alpha value is -2.30. The molecule has 0 spiro atoms. The van der Waals surface area contributed by atoms with E-state index in [2.05, 4.69) is 5.32 Å². The number of anilines is 3. The van der Waals surface area contributed by atoms with Crippen molar-refractivity contribution in [1.29, 1.82) is 0 Å². The van der Waals surface area contributed by atoms with E-state index >= 15 is 0 Å². The summed E-state index contributed by atoms with van der Waals surface area (Å²) in [4.78, 5) is 0. The van der Waals surface area contributed by atoms with Crippen molar-refractivity contribution in [3.63, 3.8) is 0 Å². The number of nitrogens with one attached hydrogen (secondary N) is 1. The highest BCUT2D eigenvalue weighted by molar-refractivity contribution is 5.69. The van der Waals surface area contributed by atoms with E-state index in [-0.39, 0.29) is 17.2 Å². The molecule has 0 radical (unpaired) electrons. The molecule has 19 heavy (non-hydrogen) atoms. The Balaban J connectivity index is 2.41. The minimum absolute atomic E-state index is 0.180. The van der Waals surface area contributed by atoms with Crippen molar-refractivity contribution in [1.82, 2.24) is 0 Å². The van der Waals surface area contributed by atoms with E-state index in [9.17, 15) is 8.78 Å². The van der Waals surface area contributed by atoms with Gasteiger partial charge in [-0.15, -0.1) is 0 Å². The Morgan fingerprint density at radius 1 is 1.11 bits per heavy atom. The Labute approximate surface area is 110 Å². The first-order valence-corrected chi connectivity index (χ1v) is 5.68. The lowest BCUT2D eigenvalue weighted by atomic mass is 10.1. The third-order valence-corrected chi connectivity index (χ3v) is 2.86. The van der Waals surface area contributed by atoms with Gasteiger partial charge in [0.2, 0.25) is 0 Å². The van der Waals surface area contributed by atoms with Gasteiger partial charge in [-0.3, -0.25) is 0 Å². The zero-order valence-electron chi connectivity index (χ0n) is 10.6. The van der Waals surface area contributed by atoms with Crippen LogP contribution in [0.4, 0.5) is 25.8 Å². The van der Waals surface area contributed by atoms with Crippen molar-refractivity contribution < 1.29 is 13.5 Å². The van der Waals surface area contributed by atoms with Gasteiger partial charge in [-0.25, -0.2) is 8.78 Å². The van der Waals surface area contributed by atoms with Crippen molar-refractivity contribution in [3.8, 4) is 5.75 Å². The Morgan fingerprint density at radius 2 is 1.84 bits per heavy atom. The zero-order valence-corrected chi connectivity index (χ0v) is 10.6. The van der Waals surface area contributed by atoms with Crippen molar-refractivity contribution in [2.45, 2.75) is 6.92 Å². The van der Waals surface area contributed by atoms with Gasteiger partial charge in [0.15, 0.2) is 0 Å². The van der Waals surface area contributed by atoms with Gasteiger partial charge in [0.1, 0.15) is 17.4 Å². The van der Waals surface area contributed by atoms with Crippen LogP contribution in [0.1, 0.15) is 5.56 Å². The molecule has 0 heterocycles. The zero-order chi connectivity index (χ0) is 14.0. The maximum absolute atomic E-state index is 13.8. The largest absolute Gasteiger partial charge is 0.495 e. The molecule has 0 atom stereocenters. The number of hydrogen-bond acceptors (Lipinski definition) is 3. The van der Waals surface area contributed by atoms with Crippen LogP contribution in [0, 0.1) is 18.6 Å². The fourth-order valence-corrected chi connectivity index (χ4v) is 1.73. The predicted molar refractivity (Wildman–Crippen MR) is 71.8 cm³/mol. The summed E-state index contributed by atoms with van der Waals surface area (Å²) in [6.45, 7) is 1.62. The molecule has 0 bridgehead atoms. The van der Waals surface area contributed by atoms with Crippen molar-refractivity contribution in [2.75, 3.05) is 18.2 Å². The average Bonchev–Trinajstić information content (AvgIpc) is 2.38. The first-order valence-electron chi connectivity index (χ1n) is 5.68. The number of rotatable bonds is 3. The number of nitrogen functional groups attached to an aromatic ring is 1. The number of benzene rings is 2. The maximum Gasteiger partial charge on any atom is 0.148 e. The van der Waals surface area contributed by atoms with Crippen molar-refractivity contribution in [2.24, 2.45) is 0 Å². The fraction of sp³-hybridized carbons (Fsp3) is 0.143. The minimum atomic E-state index is -0.526. The summed E-state index contributed by atoms with van der Waals surface area (Å²) in [5, 5.41) is 2.83. The number of hydrogen-bond donors (Lipinski definition) is 2. The van der Waals surface area contributed by atoms with Gasteiger partial charge in [-0.2, -0.15) is 0 Å². The topological polar surface area (TPSA) is 47.3 Å². The van der Waals surface area contributed by atoms with Crippen LogP contribution in [-0.4, -0.2) is 7.11 Å². The molecule has 0 aromatic heterocycles. The third-order valence-electron chi connectivity index (χ3n) is 2.86. The van der Waals surface area contributed by atoms with E-state index < -0.39 is 5.82 Å². The fourth-order valence-electron chi connectivity index (χ4n) is 1.73. The molecule has 2 rings (SSSR count). The molecule has 0 amide bonds. The Bertz CT molecular complexity index is 615. The molecule has 3 nitrogen and oxygen atoms in total. The summed E-state index contributed by atoms with van der Waals surface area (Å²) in [5.41, 5.74) is 6.89. The van der Waals surface area contributed by atoms with Crippen LogP contribution in [0.3, 0.4) is 0 Å². The first kappa shape index (κ1) is 13.1. The highest BCUT2D eigenvalue weighted by Crippen LogP contribution is 2.31. The smallest absolute Gasteiger partial charge is 0.148 e. The second-order valence-corrected chi connectivity index (χ2v) is 4.11. The summed E-state index contributed by atoms with van der Waals surface area (Å²) in [7, 11) is 1.45. The maximum atomic E-state index is 13.8. The quantitative estimate of drug-likeness (QED) is 0.832. The molecular weight excluding hydrogens is 250 g/mol. The number of ether oxygens (including phenoxy) is 1. The predicted octanol–water partition coefficient (Wildman–Crippen LogP) is 3.61. The molecule has 0 aliphatic heterocycles. The van der Waals surface area contributed by atoms with Gasteiger partial charge in [-0.1, -0.05) is 6.07 Å². The molecule has 0 unspecified atom stereocenters. The molecular formula is C14H14F2N2O. The van der Waals surface area contributed by atoms with Gasteiger partial charge < -0.3 is 15.8 Å². The molecule has 0 saturated carbocycles. The van der Waals surface area contributed by atoms with E-state index in [4.69, 9.17) is 10.5 Å². The summed E-state index contributed by atoms with van der Waals surface area (Å²) in [6, 6.07) is 7.17. The van der Waals surface area contributed by atoms with Crippen molar-refractivity contribution in [3.05, 3.63) is 47.5 Å². The van der Waals surface area contributed by atoms with Crippen LogP contribution < -0.4 is 15.8 Å². The van der Waals surface area contributed by atoms with Crippen LogP contribution in [0.2, 0.25) is 0 Å². The van der Waals surface area contributed by atoms with Crippen LogP contribution in [-0.2, 0) is 0 Å². The van der Waals surface area contributed by atoms with Gasteiger partial charge in [0, 0.05) is 23.4 Å². The Kier molecular flexibility index (Phi) is 3.55. The van der Waals surface area contributed by atoms with E-state index in [1.807, 2.05) is 0 Å². The lowest BCUT2D eigenvalue weighted by Gasteiger charge is -2.13. The van der Waals surface area contributed by atoms with Crippen molar-refractivity contribution >= 4 is 17.1 Å². The lowest BCUT2D eigenvalue weighted by Crippen LogP contribution is -2.00. The minimum Gasteiger partial charge on any atom is -0.495 e. The molecule has 0 aliphatic carbocycles. The summed E-state index contributed by atoms with van der Waals surface area (Å²) in [5.74, 6) is -0.521. The highest BCUT2D eigenvalue weighted by atomic mass is 19.1. The van der Waals surface area contributed by atoms with Crippen LogP contribution in [0.5, 0.6) is 5.75 Å². The number of halogens is 2. The lowest BCUT2D eigenvalue weighted by molar-refractivity contribution is 0.416. The van der Waals surface area contributed by atoms with Crippen LogP contribution in [0.15, 0.2) is 30.3 Å². The molecule has 0 saturated heterocycles. The SMILES string of the molecule is COc1cc(Nc2cccc(F)c2C)c(F)cc1N. The van der Waals surface area contributed by atoms with Gasteiger partial charge in [0.05, 0.1) is 18.5 Å². The standard InChI is InChI=1S/C14H14F2N2O/c1-8-9(15)4-3-5-12(8)18-13-7-14(19-2)11(17)6-10(13)16/h3-7,18H,17H2,1-2H3. The van der Waals surface area contributed by atoms with E-state index in [1.54, 1.807) is 19.1 Å². The summed E-state index contributed by atoms with van der Waals surface area (Å²) < 4.78 is 32.2. The van der Waals surface area contributed by atoms with E-state index in [1.165, 1.54) is 19.2 Å². The molecule has 2 aromatic rings. The number of nitrogens with two attached hydrogens (primary N) is 1. The average molecular weight is 264 g/mol. The summed E-state index contributed by atoms with van der Waals surface area (Å²) >= 11 is 0. The second kappa shape index (κ2) is 5.14. The molecule has 3 N–H and O–H groups in total. The Morgan fingerprint density at radius 3 is 2.53 bits per heavy atom. The normalized spacial score (nSPS) is 10.3. The molecule has 0 fully saturated rings. The third kappa shape index (κ3) is 2.59. The number of methoxy groups -OCH3 is 1. The molecule has 2 aromatic carbocycles. The second-order valence-electron chi connectivity index (χ2n) is 4.11. The first-order chi connectivity index (χ1) is 9.02. The molecule has 100 valence electrons. The molecule has 0 aliphatic rings. The van der Waals surface area contributed by atoms with E-state index in [0.29, 0.717) is 17.0 Å². The monoisotopic (exact) mass is 264 g/mol. The molecule has 5 heteroatoms. The van der Waals surface area contributed by atoms with Crippen LogP contribution in [0.25, 0.3) is 0 Å². The highest BCUT2D eigenvalue weighted by Gasteiger charge is 2.10. The van der Waals surface area contributed by atoms with Gasteiger partial charge in [0.25, 0.3) is 0 Å².